The van der Waals surface area contributed by atoms with Crippen molar-refractivity contribution in [2.45, 2.75) is 26.9 Å². The second-order valence-electron chi connectivity index (χ2n) is 6.22. The number of halogens is 1. The van der Waals surface area contributed by atoms with Crippen molar-refractivity contribution in [2.24, 2.45) is 5.41 Å². The molecule has 5 nitrogen and oxygen atoms in total. The second kappa shape index (κ2) is 6.27. The number of aliphatic hydroxyl groups excluding tert-OH is 1. The first-order valence-electron chi connectivity index (χ1n) is 7.05. The van der Waals surface area contributed by atoms with E-state index in [-0.39, 0.29) is 29.4 Å². The van der Waals surface area contributed by atoms with Gasteiger partial charge in [-0.3, -0.25) is 4.79 Å². The van der Waals surface area contributed by atoms with Gasteiger partial charge in [-0.1, -0.05) is 26.8 Å². The fourth-order valence-corrected chi connectivity index (χ4v) is 1.79. The molecule has 22 heavy (non-hydrogen) atoms. The fraction of sp³-hybridized carbons (Fsp3) is 0.375. The van der Waals surface area contributed by atoms with Gasteiger partial charge < -0.3 is 10.4 Å². The van der Waals surface area contributed by atoms with Crippen molar-refractivity contribution in [3.05, 3.63) is 48.0 Å². The lowest BCUT2D eigenvalue weighted by Crippen LogP contribution is -2.39. The van der Waals surface area contributed by atoms with Crippen LogP contribution >= 0.6 is 0 Å². The third-order valence-corrected chi connectivity index (χ3v) is 3.35. The van der Waals surface area contributed by atoms with Crippen molar-refractivity contribution in [1.82, 2.24) is 15.1 Å². The van der Waals surface area contributed by atoms with Gasteiger partial charge in [0, 0.05) is 12.7 Å². The molecular weight excluding hydrogens is 285 g/mol. The Morgan fingerprint density at radius 2 is 2.14 bits per heavy atom. The molecule has 1 aromatic carbocycles. The van der Waals surface area contributed by atoms with Gasteiger partial charge in [0.05, 0.1) is 11.8 Å². The highest BCUT2D eigenvalue weighted by Gasteiger charge is 2.23. The van der Waals surface area contributed by atoms with Crippen LogP contribution < -0.4 is 5.32 Å². The Balaban J connectivity index is 2.04. The number of carbonyl (C=O) groups is 1. The van der Waals surface area contributed by atoms with Gasteiger partial charge in [-0.05, 0) is 29.7 Å². The monoisotopic (exact) mass is 305 g/mol. The zero-order valence-corrected chi connectivity index (χ0v) is 12.9. The first kappa shape index (κ1) is 16.2. The zero-order chi connectivity index (χ0) is 16.3. The summed E-state index contributed by atoms with van der Waals surface area (Å²) in [6, 6.07) is 7.49. The average molecular weight is 305 g/mol. The van der Waals surface area contributed by atoms with Crippen LogP contribution in [-0.2, 0) is 0 Å². The van der Waals surface area contributed by atoms with Gasteiger partial charge in [0.1, 0.15) is 5.82 Å². The van der Waals surface area contributed by atoms with Crippen LogP contribution in [0.25, 0.3) is 5.69 Å². The van der Waals surface area contributed by atoms with Crippen LogP contribution in [0.15, 0.2) is 36.5 Å². The van der Waals surface area contributed by atoms with Gasteiger partial charge >= 0.3 is 0 Å². The molecule has 0 aliphatic carbocycles. The molecule has 2 aromatic rings. The number of hydrogen-bond acceptors (Lipinski definition) is 3. The van der Waals surface area contributed by atoms with Crippen molar-refractivity contribution in [3.63, 3.8) is 0 Å². The zero-order valence-electron chi connectivity index (χ0n) is 12.9. The summed E-state index contributed by atoms with van der Waals surface area (Å²) in [7, 11) is 0. The fourth-order valence-electron chi connectivity index (χ4n) is 1.79. The lowest BCUT2D eigenvalue weighted by molar-refractivity contribution is 0.0585. The molecular formula is C16H20FN3O2. The third kappa shape index (κ3) is 3.92. The highest BCUT2D eigenvalue weighted by Crippen LogP contribution is 2.18. The van der Waals surface area contributed by atoms with Crippen molar-refractivity contribution in [1.29, 1.82) is 0 Å². The molecule has 1 unspecified atom stereocenters. The SMILES string of the molecule is CC(C)(C)C(O)CNC(=O)c1ccn(-c2cccc(F)c2)n1. The summed E-state index contributed by atoms with van der Waals surface area (Å²) >= 11 is 0. The van der Waals surface area contributed by atoms with Gasteiger partial charge in [0.15, 0.2) is 5.69 Å². The summed E-state index contributed by atoms with van der Waals surface area (Å²) in [4.78, 5) is 12.0. The Labute approximate surface area is 128 Å². The number of hydrogen-bond donors (Lipinski definition) is 2. The number of rotatable bonds is 4. The van der Waals surface area contributed by atoms with Crippen molar-refractivity contribution < 1.29 is 14.3 Å². The van der Waals surface area contributed by atoms with Gasteiger partial charge in [-0.25, -0.2) is 9.07 Å². The summed E-state index contributed by atoms with van der Waals surface area (Å²) < 4.78 is 14.6. The molecule has 0 saturated heterocycles. The highest BCUT2D eigenvalue weighted by atomic mass is 19.1. The molecule has 1 aromatic heterocycles. The molecule has 0 radical (unpaired) electrons. The smallest absolute Gasteiger partial charge is 0.271 e. The lowest BCUT2D eigenvalue weighted by Gasteiger charge is -2.25. The van der Waals surface area contributed by atoms with Crippen molar-refractivity contribution in [3.8, 4) is 5.69 Å². The lowest BCUT2D eigenvalue weighted by atomic mass is 9.89. The van der Waals surface area contributed by atoms with Gasteiger partial charge in [0.2, 0.25) is 0 Å². The Kier molecular flexibility index (Phi) is 4.61. The van der Waals surface area contributed by atoms with Crippen LogP contribution in [0.2, 0.25) is 0 Å². The number of nitrogens with one attached hydrogen (secondary N) is 1. The van der Waals surface area contributed by atoms with Gasteiger partial charge in [0.25, 0.3) is 5.91 Å². The maximum atomic E-state index is 13.2. The number of aromatic nitrogens is 2. The van der Waals surface area contributed by atoms with Crippen LogP contribution in [-0.4, -0.2) is 33.4 Å². The second-order valence-corrected chi connectivity index (χ2v) is 6.22. The number of benzene rings is 1. The summed E-state index contributed by atoms with van der Waals surface area (Å²) in [5.74, 6) is -0.745. The maximum absolute atomic E-state index is 13.2. The van der Waals surface area contributed by atoms with Crippen molar-refractivity contribution in [2.75, 3.05) is 6.54 Å². The molecule has 1 amide bonds. The molecule has 0 spiro atoms. The van der Waals surface area contributed by atoms with E-state index >= 15 is 0 Å². The molecule has 2 N–H and O–H groups in total. The molecule has 1 atom stereocenters. The Morgan fingerprint density at radius 1 is 1.41 bits per heavy atom. The predicted molar refractivity (Wildman–Crippen MR) is 81.3 cm³/mol. The predicted octanol–water partition coefficient (Wildman–Crippen LogP) is 2.15. The Morgan fingerprint density at radius 3 is 2.77 bits per heavy atom. The Hall–Kier alpha value is -2.21. The van der Waals surface area contributed by atoms with Gasteiger partial charge in [-0.15, -0.1) is 0 Å². The van der Waals surface area contributed by atoms with E-state index in [4.69, 9.17) is 0 Å². The molecule has 1 heterocycles. The van der Waals surface area contributed by atoms with E-state index in [0.717, 1.165) is 0 Å². The van der Waals surface area contributed by atoms with E-state index in [2.05, 4.69) is 10.4 Å². The van der Waals surface area contributed by atoms with E-state index in [0.29, 0.717) is 5.69 Å². The van der Waals surface area contributed by atoms with Gasteiger partial charge in [-0.2, -0.15) is 5.10 Å². The Bertz CT molecular complexity index is 661. The van der Waals surface area contributed by atoms with Crippen LogP contribution in [0.1, 0.15) is 31.3 Å². The van der Waals surface area contributed by atoms with Crippen LogP contribution in [0.3, 0.4) is 0 Å². The maximum Gasteiger partial charge on any atom is 0.271 e. The molecule has 118 valence electrons. The molecule has 0 fully saturated rings. The summed E-state index contributed by atoms with van der Waals surface area (Å²) in [6.07, 6.45) is 0.936. The van der Waals surface area contributed by atoms with E-state index in [1.165, 1.54) is 16.8 Å². The minimum absolute atomic E-state index is 0.148. The van der Waals surface area contributed by atoms with E-state index in [9.17, 15) is 14.3 Å². The molecule has 0 bridgehead atoms. The number of nitrogens with zero attached hydrogens (tertiary/aromatic N) is 2. The van der Waals surface area contributed by atoms with Crippen LogP contribution in [0.4, 0.5) is 4.39 Å². The third-order valence-electron chi connectivity index (χ3n) is 3.35. The normalized spacial score (nSPS) is 13.0. The summed E-state index contributed by atoms with van der Waals surface area (Å²) in [5.41, 5.74) is 0.438. The van der Waals surface area contributed by atoms with E-state index in [1.807, 2.05) is 20.8 Å². The van der Waals surface area contributed by atoms with E-state index < -0.39 is 6.10 Å². The average Bonchev–Trinajstić information content (AvgIpc) is 2.93. The number of amides is 1. The summed E-state index contributed by atoms with van der Waals surface area (Å²) in [6.45, 7) is 5.82. The standard InChI is InChI=1S/C16H20FN3O2/c1-16(2,3)14(21)10-18-15(22)13-7-8-20(19-13)12-6-4-5-11(17)9-12/h4-9,14,21H,10H2,1-3H3,(H,18,22). The minimum Gasteiger partial charge on any atom is -0.391 e. The molecule has 0 aliphatic heterocycles. The van der Waals surface area contributed by atoms with Crippen LogP contribution in [0, 0.1) is 11.2 Å². The first-order valence-corrected chi connectivity index (χ1v) is 7.05. The van der Waals surface area contributed by atoms with Crippen molar-refractivity contribution >= 4 is 5.91 Å². The first-order chi connectivity index (χ1) is 10.3. The minimum atomic E-state index is -0.651. The van der Waals surface area contributed by atoms with Crippen LogP contribution in [0.5, 0.6) is 0 Å². The topological polar surface area (TPSA) is 67.2 Å². The molecule has 0 aliphatic rings. The number of carbonyl (C=O) groups excluding carboxylic acids is 1. The molecule has 2 rings (SSSR count). The summed E-state index contributed by atoms with van der Waals surface area (Å²) in [5, 5.41) is 16.7. The quantitative estimate of drug-likeness (QED) is 0.909. The molecule has 6 heteroatoms. The van der Waals surface area contributed by atoms with E-state index in [1.54, 1.807) is 24.4 Å². The largest absolute Gasteiger partial charge is 0.391 e. The molecule has 0 saturated carbocycles. The highest BCUT2D eigenvalue weighted by molar-refractivity contribution is 5.92. The number of aliphatic hydroxyl groups is 1.